The van der Waals surface area contributed by atoms with Gasteiger partial charge in [0.25, 0.3) is 0 Å². The molecule has 1 aromatic heterocycles. The van der Waals surface area contributed by atoms with E-state index >= 15 is 0 Å². The van der Waals surface area contributed by atoms with Gasteiger partial charge in [0.05, 0.1) is 11.8 Å². The van der Waals surface area contributed by atoms with Crippen molar-refractivity contribution in [1.29, 1.82) is 0 Å². The average Bonchev–Trinajstić information content (AvgIpc) is 3.21. The summed E-state index contributed by atoms with van der Waals surface area (Å²) >= 11 is 4.59. The van der Waals surface area contributed by atoms with Crippen molar-refractivity contribution in [2.75, 3.05) is 18.3 Å². The van der Waals surface area contributed by atoms with Crippen molar-refractivity contribution in [3.05, 3.63) is 23.8 Å². The molecule has 0 saturated heterocycles. The van der Waals surface area contributed by atoms with Crippen LogP contribution in [-0.4, -0.2) is 34.4 Å². The molecule has 1 aromatic carbocycles. The van der Waals surface area contributed by atoms with Gasteiger partial charge in [0.2, 0.25) is 12.7 Å². The van der Waals surface area contributed by atoms with Crippen LogP contribution in [0.3, 0.4) is 0 Å². The molecule has 0 bridgehead atoms. The quantitative estimate of drug-likeness (QED) is 0.735. The zero-order valence-corrected chi connectivity index (χ0v) is 15.7. The second kappa shape index (κ2) is 8.09. The fourth-order valence-corrected chi connectivity index (χ4v) is 4.84. The van der Waals surface area contributed by atoms with Crippen molar-refractivity contribution >= 4 is 40.8 Å². The molecule has 24 heavy (non-hydrogen) atoms. The maximum atomic E-state index is 12.1. The van der Waals surface area contributed by atoms with Crippen LogP contribution in [0.15, 0.2) is 26.9 Å². The third-order valence-electron chi connectivity index (χ3n) is 3.26. The molecule has 1 aliphatic heterocycles. The number of amides is 1. The molecule has 1 aliphatic rings. The summed E-state index contributed by atoms with van der Waals surface area (Å²) in [7, 11) is 0. The summed E-state index contributed by atoms with van der Waals surface area (Å²) < 4.78 is 12.4. The fourth-order valence-electron chi connectivity index (χ4n) is 2.11. The lowest BCUT2D eigenvalue weighted by Gasteiger charge is -2.14. The predicted octanol–water partition coefficient (Wildman–Crippen LogP) is 3.35. The van der Waals surface area contributed by atoms with Crippen molar-refractivity contribution in [3.8, 4) is 11.5 Å². The van der Waals surface area contributed by atoms with Crippen LogP contribution in [0.1, 0.15) is 25.5 Å². The molecular formula is C15H17N3O3S3. The molecule has 0 saturated carbocycles. The lowest BCUT2D eigenvalue weighted by Crippen LogP contribution is -2.28. The highest BCUT2D eigenvalue weighted by molar-refractivity contribution is 8.03. The highest BCUT2D eigenvalue weighted by Crippen LogP contribution is 2.34. The lowest BCUT2D eigenvalue weighted by molar-refractivity contribution is -0.119. The van der Waals surface area contributed by atoms with E-state index in [1.54, 1.807) is 11.8 Å². The van der Waals surface area contributed by atoms with Gasteiger partial charge in [-0.15, -0.1) is 10.2 Å². The number of nitrogens with zero attached hydrogens (tertiary/aromatic N) is 2. The largest absolute Gasteiger partial charge is 0.454 e. The molecule has 6 nitrogen and oxygen atoms in total. The second-order valence-corrected chi connectivity index (χ2v) is 8.67. The number of benzene rings is 1. The maximum Gasteiger partial charge on any atom is 0.231 e. The number of fused-ring (bicyclic) bond motifs is 1. The van der Waals surface area contributed by atoms with Crippen LogP contribution < -0.4 is 14.8 Å². The van der Waals surface area contributed by atoms with Crippen LogP contribution in [0, 0.1) is 0 Å². The molecule has 1 atom stereocenters. The van der Waals surface area contributed by atoms with Crippen molar-refractivity contribution in [2.24, 2.45) is 0 Å². The SMILES string of the molecule is CCSc1nnc(SCC(=O)NC(C)c2ccc3c(c2)OCO3)s1. The van der Waals surface area contributed by atoms with E-state index in [0.717, 1.165) is 31.5 Å². The minimum absolute atomic E-state index is 0.0370. The van der Waals surface area contributed by atoms with E-state index in [-0.39, 0.29) is 18.7 Å². The molecule has 2 heterocycles. The van der Waals surface area contributed by atoms with Gasteiger partial charge in [-0.3, -0.25) is 4.79 Å². The Balaban J connectivity index is 1.50. The van der Waals surface area contributed by atoms with Crippen LogP contribution in [0.4, 0.5) is 0 Å². The first-order valence-corrected chi connectivity index (χ1v) is 10.2. The van der Waals surface area contributed by atoms with Gasteiger partial charge >= 0.3 is 0 Å². The Kier molecular flexibility index (Phi) is 5.85. The topological polar surface area (TPSA) is 73.3 Å². The molecule has 128 valence electrons. The lowest BCUT2D eigenvalue weighted by atomic mass is 10.1. The Hall–Kier alpha value is -1.45. The van der Waals surface area contributed by atoms with Crippen LogP contribution in [0.25, 0.3) is 0 Å². The molecular weight excluding hydrogens is 366 g/mol. The number of ether oxygens (including phenoxy) is 2. The third-order valence-corrected chi connectivity index (χ3v) is 6.33. The number of rotatable bonds is 7. The summed E-state index contributed by atoms with van der Waals surface area (Å²) in [6, 6.07) is 5.60. The van der Waals surface area contributed by atoms with Crippen LogP contribution in [0.5, 0.6) is 11.5 Å². The highest BCUT2D eigenvalue weighted by Gasteiger charge is 2.17. The summed E-state index contributed by atoms with van der Waals surface area (Å²) in [5.74, 6) is 2.71. The van der Waals surface area contributed by atoms with E-state index in [1.165, 1.54) is 23.1 Å². The summed E-state index contributed by atoms with van der Waals surface area (Å²) in [5.41, 5.74) is 0.982. The fraction of sp³-hybridized carbons (Fsp3) is 0.400. The second-order valence-electron chi connectivity index (χ2n) is 4.96. The third kappa shape index (κ3) is 4.34. The number of hydrogen-bond acceptors (Lipinski definition) is 8. The van der Waals surface area contributed by atoms with Crippen molar-refractivity contribution in [2.45, 2.75) is 28.6 Å². The Morgan fingerprint density at radius 2 is 2.04 bits per heavy atom. The number of thioether (sulfide) groups is 2. The molecule has 0 fully saturated rings. The number of nitrogens with one attached hydrogen (secondary N) is 1. The van der Waals surface area contributed by atoms with Crippen molar-refractivity contribution in [1.82, 2.24) is 15.5 Å². The molecule has 3 rings (SSSR count). The summed E-state index contributed by atoms with van der Waals surface area (Å²) in [6.07, 6.45) is 0. The van der Waals surface area contributed by atoms with Crippen LogP contribution in [0.2, 0.25) is 0 Å². The first-order chi connectivity index (χ1) is 11.7. The van der Waals surface area contributed by atoms with Gasteiger partial charge in [-0.25, -0.2) is 0 Å². The Bertz CT molecular complexity index is 723. The van der Waals surface area contributed by atoms with Crippen LogP contribution >= 0.6 is 34.9 Å². The van der Waals surface area contributed by atoms with E-state index in [9.17, 15) is 4.79 Å². The van der Waals surface area contributed by atoms with Crippen molar-refractivity contribution in [3.63, 3.8) is 0 Å². The molecule has 1 amide bonds. The molecule has 2 aromatic rings. The summed E-state index contributed by atoms with van der Waals surface area (Å²) in [6.45, 7) is 4.27. The van der Waals surface area contributed by atoms with Gasteiger partial charge in [-0.2, -0.15) is 0 Å². The number of carbonyl (C=O) groups is 1. The number of aromatic nitrogens is 2. The molecule has 9 heteroatoms. The summed E-state index contributed by atoms with van der Waals surface area (Å²) in [5, 5.41) is 11.1. The minimum Gasteiger partial charge on any atom is -0.454 e. The smallest absolute Gasteiger partial charge is 0.231 e. The Labute approximate surface area is 152 Å². The maximum absolute atomic E-state index is 12.1. The summed E-state index contributed by atoms with van der Waals surface area (Å²) in [4.78, 5) is 12.1. The zero-order valence-electron chi connectivity index (χ0n) is 13.3. The van der Waals surface area contributed by atoms with E-state index in [4.69, 9.17) is 9.47 Å². The number of hydrogen-bond donors (Lipinski definition) is 1. The Morgan fingerprint density at radius 3 is 2.83 bits per heavy atom. The molecule has 0 aliphatic carbocycles. The number of carbonyl (C=O) groups excluding carboxylic acids is 1. The normalized spacial score (nSPS) is 13.8. The van der Waals surface area contributed by atoms with Gasteiger partial charge in [0.1, 0.15) is 0 Å². The van der Waals surface area contributed by atoms with E-state index < -0.39 is 0 Å². The van der Waals surface area contributed by atoms with E-state index in [1.807, 2.05) is 25.1 Å². The standard InChI is InChI=1S/C15H17N3O3S3/c1-3-22-14-17-18-15(24-14)23-7-13(19)16-9(2)10-4-5-11-12(6-10)21-8-20-11/h4-6,9H,3,7-8H2,1-2H3,(H,16,19). The van der Waals surface area contributed by atoms with E-state index in [0.29, 0.717) is 5.75 Å². The monoisotopic (exact) mass is 383 g/mol. The highest BCUT2D eigenvalue weighted by atomic mass is 32.2. The van der Waals surface area contributed by atoms with Gasteiger partial charge in [-0.1, -0.05) is 47.9 Å². The molecule has 0 radical (unpaired) electrons. The van der Waals surface area contributed by atoms with Gasteiger partial charge in [0.15, 0.2) is 20.2 Å². The van der Waals surface area contributed by atoms with Gasteiger partial charge in [-0.05, 0) is 30.4 Å². The first kappa shape index (κ1) is 17.4. The Morgan fingerprint density at radius 1 is 1.29 bits per heavy atom. The van der Waals surface area contributed by atoms with Crippen molar-refractivity contribution < 1.29 is 14.3 Å². The molecule has 1 unspecified atom stereocenters. The van der Waals surface area contributed by atoms with Gasteiger partial charge < -0.3 is 14.8 Å². The first-order valence-electron chi connectivity index (χ1n) is 7.43. The predicted molar refractivity (Wildman–Crippen MR) is 96.2 cm³/mol. The van der Waals surface area contributed by atoms with Crippen LogP contribution in [-0.2, 0) is 4.79 Å². The van der Waals surface area contributed by atoms with Gasteiger partial charge in [0, 0.05) is 0 Å². The average molecular weight is 384 g/mol. The zero-order chi connectivity index (χ0) is 16.9. The molecule has 1 N–H and O–H groups in total. The molecule has 0 spiro atoms. The van der Waals surface area contributed by atoms with E-state index in [2.05, 4.69) is 22.4 Å². The minimum atomic E-state index is -0.103.